The van der Waals surface area contributed by atoms with E-state index in [9.17, 15) is 20.2 Å². The predicted octanol–water partition coefficient (Wildman–Crippen LogP) is 4.32. The molecule has 8 heteroatoms. The molecule has 0 aliphatic carbocycles. The van der Waals surface area contributed by atoms with Crippen LogP contribution in [0.25, 0.3) is 0 Å². The highest BCUT2D eigenvalue weighted by Gasteiger charge is 2.11. The number of nitro benzene ring substituents is 2. The quantitative estimate of drug-likeness (QED) is 0.458. The van der Waals surface area contributed by atoms with Gasteiger partial charge in [-0.2, -0.15) is 0 Å². The van der Waals surface area contributed by atoms with Gasteiger partial charge in [0.15, 0.2) is 0 Å². The van der Waals surface area contributed by atoms with Crippen LogP contribution in [0.2, 0.25) is 0 Å². The summed E-state index contributed by atoms with van der Waals surface area (Å²) in [5.74, 6) is 0. The maximum atomic E-state index is 10.9. The number of rotatable bonds is 4. The number of hydrogen-bond donors (Lipinski definition) is 0. The maximum absolute atomic E-state index is 10.9. The Kier molecular flexibility index (Phi) is 4.62. The maximum Gasteiger partial charge on any atom is 0.284 e. The number of halogens is 1. The molecule has 22 heavy (non-hydrogen) atoms. The van der Waals surface area contributed by atoms with Crippen LogP contribution in [0.4, 0.5) is 17.1 Å². The van der Waals surface area contributed by atoms with Crippen molar-refractivity contribution in [1.82, 2.24) is 0 Å². The first-order valence-electron chi connectivity index (χ1n) is 6.11. The molecular formula is C14H10BrN3O4. The third-order valence-electron chi connectivity index (χ3n) is 2.91. The van der Waals surface area contributed by atoms with Gasteiger partial charge < -0.3 is 0 Å². The van der Waals surface area contributed by atoms with Gasteiger partial charge in [0.2, 0.25) is 0 Å². The number of nitrogens with zero attached hydrogens (tertiary/aromatic N) is 3. The van der Waals surface area contributed by atoms with Crippen molar-refractivity contribution in [2.45, 2.75) is 6.92 Å². The molecule has 0 radical (unpaired) electrons. The van der Waals surface area contributed by atoms with Crippen LogP contribution in [0.1, 0.15) is 11.1 Å². The van der Waals surface area contributed by atoms with Crippen LogP contribution in [0.15, 0.2) is 45.9 Å². The second kappa shape index (κ2) is 6.44. The van der Waals surface area contributed by atoms with E-state index in [0.29, 0.717) is 21.3 Å². The van der Waals surface area contributed by atoms with Crippen molar-refractivity contribution < 1.29 is 9.85 Å². The Morgan fingerprint density at radius 3 is 2.41 bits per heavy atom. The van der Waals surface area contributed by atoms with Gasteiger partial charge in [0.1, 0.15) is 0 Å². The summed E-state index contributed by atoms with van der Waals surface area (Å²) in [5.41, 5.74) is 1.72. The van der Waals surface area contributed by atoms with Crippen molar-refractivity contribution >= 4 is 39.2 Å². The second-order valence-electron chi connectivity index (χ2n) is 4.45. The fourth-order valence-electron chi connectivity index (χ4n) is 1.79. The first-order valence-corrected chi connectivity index (χ1v) is 6.91. The third kappa shape index (κ3) is 3.53. The fraction of sp³-hybridized carbons (Fsp3) is 0.0714. The predicted molar refractivity (Wildman–Crippen MR) is 85.9 cm³/mol. The molecule has 0 fully saturated rings. The van der Waals surface area contributed by atoms with Crippen molar-refractivity contribution in [2.24, 2.45) is 4.99 Å². The molecule has 0 bridgehead atoms. The number of benzene rings is 2. The summed E-state index contributed by atoms with van der Waals surface area (Å²) in [7, 11) is 0. The minimum Gasteiger partial charge on any atom is -0.258 e. The molecule has 0 aromatic heterocycles. The molecule has 0 saturated carbocycles. The Bertz CT molecular complexity index is 790. The molecule has 2 aromatic rings. The van der Waals surface area contributed by atoms with Crippen LogP contribution in [0.5, 0.6) is 0 Å². The zero-order chi connectivity index (χ0) is 16.3. The van der Waals surface area contributed by atoms with Crippen molar-refractivity contribution in [3.8, 4) is 0 Å². The molecular weight excluding hydrogens is 354 g/mol. The standard InChI is InChI=1S/C14H10BrN3O4/c1-9-6-11(17(19)20)3-5-13(9)16-8-10-2-4-12(15)14(7-10)18(21)22/h2-8H,1H3. The smallest absolute Gasteiger partial charge is 0.258 e. The topological polar surface area (TPSA) is 98.6 Å². The van der Waals surface area contributed by atoms with Crippen molar-refractivity contribution in [1.29, 1.82) is 0 Å². The summed E-state index contributed by atoms with van der Waals surface area (Å²) >= 11 is 3.11. The summed E-state index contributed by atoms with van der Waals surface area (Å²) in [5, 5.41) is 21.5. The first kappa shape index (κ1) is 15.8. The van der Waals surface area contributed by atoms with E-state index in [1.165, 1.54) is 30.5 Å². The molecule has 2 aromatic carbocycles. The molecule has 0 heterocycles. The van der Waals surface area contributed by atoms with E-state index < -0.39 is 9.85 Å². The summed E-state index contributed by atoms with van der Waals surface area (Å²) in [6, 6.07) is 8.98. The monoisotopic (exact) mass is 363 g/mol. The number of non-ortho nitro benzene ring substituents is 1. The average Bonchev–Trinajstić information content (AvgIpc) is 2.46. The summed E-state index contributed by atoms with van der Waals surface area (Å²) in [6.45, 7) is 1.71. The van der Waals surface area contributed by atoms with Gasteiger partial charge in [0.05, 0.1) is 20.0 Å². The van der Waals surface area contributed by atoms with Crippen molar-refractivity contribution in [3.05, 3.63) is 72.2 Å². The van der Waals surface area contributed by atoms with E-state index in [-0.39, 0.29) is 11.4 Å². The molecule has 0 aliphatic heterocycles. The molecule has 0 spiro atoms. The van der Waals surface area contributed by atoms with Crippen LogP contribution in [-0.4, -0.2) is 16.1 Å². The highest BCUT2D eigenvalue weighted by Crippen LogP contribution is 2.26. The number of aryl methyl sites for hydroxylation is 1. The Morgan fingerprint density at radius 2 is 1.82 bits per heavy atom. The van der Waals surface area contributed by atoms with Gasteiger partial charge in [-0.1, -0.05) is 6.07 Å². The lowest BCUT2D eigenvalue weighted by Crippen LogP contribution is -1.91. The van der Waals surface area contributed by atoms with E-state index in [1.54, 1.807) is 19.1 Å². The largest absolute Gasteiger partial charge is 0.284 e. The van der Waals surface area contributed by atoms with E-state index >= 15 is 0 Å². The molecule has 0 N–H and O–H groups in total. The molecule has 0 aliphatic rings. The Hall–Kier alpha value is -2.61. The molecule has 0 unspecified atom stereocenters. The molecule has 2 rings (SSSR count). The van der Waals surface area contributed by atoms with Gasteiger partial charge in [0, 0.05) is 24.4 Å². The minimum atomic E-state index is -0.488. The van der Waals surface area contributed by atoms with Gasteiger partial charge in [-0.25, -0.2) is 0 Å². The van der Waals surface area contributed by atoms with E-state index in [0.717, 1.165) is 0 Å². The second-order valence-corrected chi connectivity index (χ2v) is 5.31. The van der Waals surface area contributed by atoms with Crippen molar-refractivity contribution in [2.75, 3.05) is 0 Å². The van der Waals surface area contributed by atoms with Crippen LogP contribution in [-0.2, 0) is 0 Å². The summed E-state index contributed by atoms with van der Waals surface area (Å²) < 4.78 is 0.390. The van der Waals surface area contributed by atoms with Gasteiger partial charge in [-0.15, -0.1) is 0 Å². The molecule has 0 amide bonds. The van der Waals surface area contributed by atoms with E-state index in [1.807, 2.05) is 0 Å². The fourth-order valence-corrected chi connectivity index (χ4v) is 2.18. The van der Waals surface area contributed by atoms with Gasteiger partial charge in [0.25, 0.3) is 11.4 Å². The highest BCUT2D eigenvalue weighted by atomic mass is 79.9. The van der Waals surface area contributed by atoms with Gasteiger partial charge >= 0.3 is 0 Å². The third-order valence-corrected chi connectivity index (χ3v) is 3.58. The zero-order valence-electron chi connectivity index (χ0n) is 11.4. The minimum absolute atomic E-state index is 0.00395. The molecule has 0 atom stereocenters. The normalized spacial score (nSPS) is 10.8. The lowest BCUT2D eigenvalue weighted by molar-refractivity contribution is -0.385. The van der Waals surface area contributed by atoms with Crippen LogP contribution in [0, 0.1) is 27.2 Å². The first-order chi connectivity index (χ1) is 10.4. The van der Waals surface area contributed by atoms with Crippen molar-refractivity contribution in [3.63, 3.8) is 0 Å². The Balaban J connectivity index is 2.31. The lowest BCUT2D eigenvalue weighted by Gasteiger charge is -2.00. The van der Waals surface area contributed by atoms with Crippen LogP contribution in [0.3, 0.4) is 0 Å². The Morgan fingerprint density at radius 1 is 1.09 bits per heavy atom. The van der Waals surface area contributed by atoms with Crippen LogP contribution < -0.4 is 0 Å². The van der Waals surface area contributed by atoms with Gasteiger partial charge in [-0.05, 0) is 46.1 Å². The number of aliphatic imine (C=N–C) groups is 1. The van der Waals surface area contributed by atoms with E-state index in [4.69, 9.17) is 0 Å². The van der Waals surface area contributed by atoms with Crippen LogP contribution >= 0.6 is 15.9 Å². The summed E-state index contributed by atoms with van der Waals surface area (Å²) in [6.07, 6.45) is 1.48. The lowest BCUT2D eigenvalue weighted by atomic mass is 10.2. The number of hydrogen-bond acceptors (Lipinski definition) is 5. The molecule has 7 nitrogen and oxygen atoms in total. The summed E-state index contributed by atoms with van der Waals surface area (Å²) in [4.78, 5) is 24.8. The van der Waals surface area contributed by atoms with Gasteiger partial charge in [-0.3, -0.25) is 25.2 Å². The number of nitro groups is 2. The SMILES string of the molecule is Cc1cc([N+](=O)[O-])ccc1N=Cc1ccc(Br)c([N+](=O)[O-])c1. The molecule has 112 valence electrons. The van der Waals surface area contributed by atoms with E-state index in [2.05, 4.69) is 20.9 Å². The Labute approximate surface area is 133 Å². The highest BCUT2D eigenvalue weighted by molar-refractivity contribution is 9.10. The zero-order valence-corrected chi connectivity index (χ0v) is 13.0. The average molecular weight is 364 g/mol. The molecule has 0 saturated heterocycles.